The number of carbonyl (C=O) groups excluding carboxylic acids is 1. The van der Waals surface area contributed by atoms with Gasteiger partial charge in [0, 0.05) is 30.2 Å². The van der Waals surface area contributed by atoms with E-state index in [0.29, 0.717) is 23.9 Å². The quantitative estimate of drug-likeness (QED) is 0.750. The lowest BCUT2D eigenvalue weighted by molar-refractivity contribution is 0.0378. The molecular formula is C20H26N4O2. The van der Waals surface area contributed by atoms with Crippen LogP contribution in [0.15, 0.2) is 18.5 Å². The molecule has 6 heteroatoms. The number of hydrogen-bond donors (Lipinski definition) is 2. The molecule has 6 nitrogen and oxygen atoms in total. The molecular weight excluding hydrogens is 328 g/mol. The number of aromatic amines is 1. The Balaban J connectivity index is 1.84. The van der Waals surface area contributed by atoms with Gasteiger partial charge in [0.05, 0.1) is 17.9 Å². The van der Waals surface area contributed by atoms with Crippen molar-refractivity contribution in [2.24, 2.45) is 5.92 Å². The van der Waals surface area contributed by atoms with Gasteiger partial charge in [0.1, 0.15) is 11.2 Å². The van der Waals surface area contributed by atoms with Crippen molar-refractivity contribution in [2.75, 3.05) is 5.32 Å². The summed E-state index contributed by atoms with van der Waals surface area (Å²) in [5.74, 6) is 0.213. The molecule has 0 aromatic carbocycles. The van der Waals surface area contributed by atoms with Crippen LogP contribution >= 0.6 is 0 Å². The topological polar surface area (TPSA) is 90.8 Å². The first kappa shape index (κ1) is 18.2. The number of H-pyrrole nitrogens is 1. The van der Waals surface area contributed by atoms with Gasteiger partial charge in [0.2, 0.25) is 0 Å². The molecule has 0 radical (unpaired) electrons. The summed E-state index contributed by atoms with van der Waals surface area (Å²) < 4.78 is 5.40. The number of ether oxygens (including phenoxy) is 1. The molecule has 0 spiro atoms. The third-order valence-electron chi connectivity index (χ3n) is 4.94. The molecule has 2 aromatic heterocycles. The summed E-state index contributed by atoms with van der Waals surface area (Å²) in [6, 6.07) is 4.48. The molecule has 2 N–H and O–H groups in total. The molecule has 0 saturated heterocycles. The van der Waals surface area contributed by atoms with Crippen molar-refractivity contribution in [1.82, 2.24) is 9.97 Å². The van der Waals surface area contributed by atoms with Crippen LogP contribution in [-0.2, 0) is 4.74 Å². The van der Waals surface area contributed by atoms with E-state index in [0.717, 1.165) is 42.4 Å². The maximum Gasteiger partial charge on any atom is 0.342 e. The monoisotopic (exact) mass is 354 g/mol. The standard InChI is InChI=1S/C20H26N4O2/c1-13(2)26-20(25)17-12-23-19-16(8-10-22-19)18(17)24-15-7-3-5-14(11-15)6-4-9-21/h8,10,12-15H,3-7,11H2,1-2H3,(H2,22,23,24)/t14-,15-/m1/s1. The minimum atomic E-state index is -0.352. The van der Waals surface area contributed by atoms with Crippen molar-refractivity contribution in [2.45, 2.75) is 64.5 Å². The van der Waals surface area contributed by atoms with Gasteiger partial charge in [-0.05, 0) is 45.1 Å². The maximum atomic E-state index is 12.5. The molecule has 1 aliphatic carbocycles. The molecule has 2 heterocycles. The fourth-order valence-electron chi connectivity index (χ4n) is 3.75. The minimum Gasteiger partial charge on any atom is -0.459 e. The smallest absolute Gasteiger partial charge is 0.342 e. The van der Waals surface area contributed by atoms with Crippen molar-refractivity contribution in [3.8, 4) is 6.07 Å². The average Bonchev–Trinajstić information content (AvgIpc) is 3.09. The molecule has 1 aliphatic rings. The Labute approximate surface area is 153 Å². The number of nitrogens with one attached hydrogen (secondary N) is 2. The Morgan fingerprint density at radius 2 is 2.35 bits per heavy atom. The summed E-state index contributed by atoms with van der Waals surface area (Å²) in [5, 5.41) is 13.3. The third-order valence-corrected chi connectivity index (χ3v) is 4.94. The Morgan fingerprint density at radius 3 is 3.12 bits per heavy atom. The highest BCUT2D eigenvalue weighted by atomic mass is 16.5. The lowest BCUT2D eigenvalue weighted by atomic mass is 9.83. The van der Waals surface area contributed by atoms with E-state index in [1.807, 2.05) is 26.1 Å². The zero-order valence-corrected chi connectivity index (χ0v) is 15.4. The van der Waals surface area contributed by atoms with Crippen LogP contribution < -0.4 is 5.32 Å². The molecule has 138 valence electrons. The first-order chi connectivity index (χ1) is 12.6. The van der Waals surface area contributed by atoms with Crippen LogP contribution in [0.5, 0.6) is 0 Å². The molecule has 1 fully saturated rings. The SMILES string of the molecule is CC(C)OC(=O)c1cnc2[nH]ccc2c1N[C@@H]1CCC[C@H](CCC#N)C1. The first-order valence-corrected chi connectivity index (χ1v) is 9.39. The third kappa shape index (κ3) is 4.16. The number of rotatable bonds is 6. The number of esters is 1. The highest BCUT2D eigenvalue weighted by Gasteiger charge is 2.25. The zero-order chi connectivity index (χ0) is 18.5. The summed E-state index contributed by atoms with van der Waals surface area (Å²) in [4.78, 5) is 20.0. The number of nitriles is 1. The Hall–Kier alpha value is -2.55. The average molecular weight is 354 g/mol. The summed E-state index contributed by atoms with van der Waals surface area (Å²) >= 11 is 0. The number of aromatic nitrogens is 2. The molecule has 0 bridgehead atoms. The predicted octanol–water partition coefficient (Wildman–Crippen LogP) is 4.40. The molecule has 26 heavy (non-hydrogen) atoms. The lowest BCUT2D eigenvalue weighted by Crippen LogP contribution is -2.28. The fraction of sp³-hybridized carbons (Fsp3) is 0.550. The van der Waals surface area contributed by atoms with Gasteiger partial charge in [-0.1, -0.05) is 12.8 Å². The molecule has 0 amide bonds. The van der Waals surface area contributed by atoms with E-state index in [9.17, 15) is 4.79 Å². The van der Waals surface area contributed by atoms with Gasteiger partial charge in [-0.2, -0.15) is 5.26 Å². The van der Waals surface area contributed by atoms with E-state index in [-0.39, 0.29) is 12.1 Å². The molecule has 2 atom stereocenters. The van der Waals surface area contributed by atoms with Gasteiger partial charge < -0.3 is 15.0 Å². The van der Waals surface area contributed by atoms with Gasteiger partial charge in [-0.25, -0.2) is 9.78 Å². The van der Waals surface area contributed by atoms with Gasteiger partial charge in [-0.3, -0.25) is 0 Å². The number of carbonyl (C=O) groups is 1. The second-order valence-electron chi connectivity index (χ2n) is 7.31. The molecule has 2 aromatic rings. The normalized spacial score (nSPS) is 20.1. The van der Waals surface area contributed by atoms with E-state index in [4.69, 9.17) is 10.00 Å². The van der Waals surface area contributed by atoms with Gasteiger partial charge in [0.25, 0.3) is 0 Å². The molecule has 0 unspecified atom stereocenters. The van der Waals surface area contributed by atoms with Crippen molar-refractivity contribution in [3.63, 3.8) is 0 Å². The van der Waals surface area contributed by atoms with Crippen molar-refractivity contribution >= 4 is 22.7 Å². The van der Waals surface area contributed by atoms with Gasteiger partial charge in [-0.15, -0.1) is 0 Å². The van der Waals surface area contributed by atoms with E-state index >= 15 is 0 Å². The maximum absolute atomic E-state index is 12.5. The van der Waals surface area contributed by atoms with Crippen LogP contribution in [0.1, 0.15) is 62.7 Å². The van der Waals surface area contributed by atoms with Crippen LogP contribution in [0.3, 0.4) is 0 Å². The van der Waals surface area contributed by atoms with E-state index in [2.05, 4.69) is 21.4 Å². The Kier molecular flexibility index (Phi) is 5.77. The Morgan fingerprint density at radius 1 is 1.50 bits per heavy atom. The number of anilines is 1. The zero-order valence-electron chi connectivity index (χ0n) is 15.4. The largest absolute Gasteiger partial charge is 0.459 e. The van der Waals surface area contributed by atoms with Crippen molar-refractivity contribution < 1.29 is 9.53 Å². The number of fused-ring (bicyclic) bond motifs is 1. The van der Waals surface area contributed by atoms with E-state index in [1.54, 1.807) is 6.20 Å². The van der Waals surface area contributed by atoms with Crippen LogP contribution in [0, 0.1) is 17.2 Å². The van der Waals surface area contributed by atoms with Crippen molar-refractivity contribution in [3.05, 3.63) is 24.0 Å². The number of nitrogens with zero attached hydrogens (tertiary/aromatic N) is 2. The van der Waals surface area contributed by atoms with Crippen LogP contribution in [-0.4, -0.2) is 28.1 Å². The summed E-state index contributed by atoms with van der Waals surface area (Å²) in [5.41, 5.74) is 2.03. The highest BCUT2D eigenvalue weighted by Crippen LogP contribution is 2.33. The van der Waals surface area contributed by atoms with E-state index in [1.165, 1.54) is 6.42 Å². The summed E-state index contributed by atoms with van der Waals surface area (Å²) in [7, 11) is 0. The van der Waals surface area contributed by atoms with Gasteiger partial charge >= 0.3 is 5.97 Å². The summed E-state index contributed by atoms with van der Waals surface area (Å²) in [6.45, 7) is 3.68. The highest BCUT2D eigenvalue weighted by molar-refractivity contribution is 6.04. The first-order valence-electron chi connectivity index (χ1n) is 9.39. The van der Waals surface area contributed by atoms with Crippen molar-refractivity contribution in [1.29, 1.82) is 5.26 Å². The number of hydrogen-bond acceptors (Lipinski definition) is 5. The van der Waals surface area contributed by atoms with Crippen LogP contribution in [0.2, 0.25) is 0 Å². The lowest BCUT2D eigenvalue weighted by Gasteiger charge is -2.30. The fourth-order valence-corrected chi connectivity index (χ4v) is 3.75. The number of pyridine rings is 1. The molecule has 3 rings (SSSR count). The predicted molar refractivity (Wildman–Crippen MR) is 101 cm³/mol. The van der Waals surface area contributed by atoms with E-state index < -0.39 is 0 Å². The summed E-state index contributed by atoms with van der Waals surface area (Å²) in [6.07, 6.45) is 9.21. The second-order valence-corrected chi connectivity index (χ2v) is 7.31. The Bertz CT molecular complexity index is 806. The molecule has 0 aliphatic heterocycles. The van der Waals surface area contributed by atoms with Crippen LogP contribution in [0.4, 0.5) is 5.69 Å². The second kappa shape index (κ2) is 8.22. The minimum absolute atomic E-state index is 0.178. The molecule has 1 saturated carbocycles. The van der Waals surface area contributed by atoms with Gasteiger partial charge in [0.15, 0.2) is 0 Å². The van der Waals surface area contributed by atoms with Crippen LogP contribution in [0.25, 0.3) is 11.0 Å².